The molecule has 0 radical (unpaired) electrons. The van der Waals surface area contributed by atoms with E-state index in [0.29, 0.717) is 23.7 Å². The molecule has 2 rings (SSSR count). The summed E-state index contributed by atoms with van der Waals surface area (Å²) in [7, 11) is 0. The number of aromatic nitrogens is 3. The van der Waals surface area contributed by atoms with Gasteiger partial charge in [-0.15, -0.1) is 0 Å². The summed E-state index contributed by atoms with van der Waals surface area (Å²) in [6.45, 7) is 0.355. The highest BCUT2D eigenvalue weighted by molar-refractivity contribution is 7.99. The van der Waals surface area contributed by atoms with E-state index in [0.717, 1.165) is 11.8 Å². The summed E-state index contributed by atoms with van der Waals surface area (Å²) in [5.41, 5.74) is 5.88. The number of nitrogens with one attached hydrogen (secondary N) is 1. The number of nitrogens with zero attached hydrogens (tertiary/aromatic N) is 2. The lowest BCUT2D eigenvalue weighted by Gasteiger charge is -2.05. The highest BCUT2D eigenvalue weighted by Crippen LogP contribution is 2.30. The van der Waals surface area contributed by atoms with Gasteiger partial charge in [-0.05, 0) is 42.4 Å². The third-order valence-corrected chi connectivity index (χ3v) is 3.07. The minimum absolute atomic E-state index is 0.0949. The van der Waals surface area contributed by atoms with Crippen LogP contribution in [0.5, 0.6) is 0 Å². The number of rotatable bonds is 4. The summed E-state index contributed by atoms with van der Waals surface area (Å²) in [6, 6.07) is 2.57. The first-order valence-corrected chi connectivity index (χ1v) is 5.73. The van der Waals surface area contributed by atoms with E-state index in [1.807, 2.05) is 0 Å². The highest BCUT2D eigenvalue weighted by Gasteiger charge is 2.13. The SMILES string of the molecule is NCCc1cc(F)c(Sc2ncn[nH]2)c(F)c1. The van der Waals surface area contributed by atoms with Gasteiger partial charge in [0.15, 0.2) is 5.16 Å². The topological polar surface area (TPSA) is 67.6 Å². The minimum atomic E-state index is -0.616. The van der Waals surface area contributed by atoms with E-state index in [2.05, 4.69) is 15.2 Å². The Bertz CT molecular complexity index is 478. The number of halogens is 2. The molecule has 0 amide bonds. The molecule has 3 N–H and O–H groups in total. The fourth-order valence-electron chi connectivity index (χ4n) is 1.36. The van der Waals surface area contributed by atoms with Crippen molar-refractivity contribution in [2.45, 2.75) is 16.5 Å². The van der Waals surface area contributed by atoms with Gasteiger partial charge in [-0.25, -0.2) is 13.8 Å². The monoisotopic (exact) mass is 256 g/mol. The minimum Gasteiger partial charge on any atom is -0.330 e. The maximum atomic E-state index is 13.7. The lowest BCUT2D eigenvalue weighted by atomic mass is 10.1. The van der Waals surface area contributed by atoms with E-state index in [9.17, 15) is 8.78 Å². The maximum absolute atomic E-state index is 13.7. The molecule has 0 fully saturated rings. The molecule has 0 atom stereocenters. The molecular weight excluding hydrogens is 246 g/mol. The first-order chi connectivity index (χ1) is 8.20. The third kappa shape index (κ3) is 2.80. The fraction of sp³-hybridized carbons (Fsp3) is 0.200. The molecule has 2 aromatic rings. The molecule has 0 aliphatic rings. The van der Waals surface area contributed by atoms with E-state index in [1.165, 1.54) is 18.5 Å². The first-order valence-electron chi connectivity index (χ1n) is 4.92. The quantitative estimate of drug-likeness (QED) is 0.874. The van der Waals surface area contributed by atoms with Gasteiger partial charge >= 0.3 is 0 Å². The molecule has 90 valence electrons. The summed E-state index contributed by atoms with van der Waals surface area (Å²) in [6.07, 6.45) is 1.72. The predicted octanol–water partition coefficient (Wildman–Crippen LogP) is 1.74. The molecule has 0 saturated carbocycles. The van der Waals surface area contributed by atoms with E-state index in [-0.39, 0.29) is 4.90 Å². The molecular formula is C10H10F2N4S. The van der Waals surface area contributed by atoms with Gasteiger partial charge in [-0.1, -0.05) is 0 Å². The fourth-order valence-corrected chi connectivity index (χ4v) is 2.07. The van der Waals surface area contributed by atoms with Crippen LogP contribution in [-0.2, 0) is 6.42 Å². The van der Waals surface area contributed by atoms with Crippen LogP contribution in [0.4, 0.5) is 8.78 Å². The van der Waals surface area contributed by atoms with Crippen LogP contribution < -0.4 is 5.73 Å². The smallest absolute Gasteiger partial charge is 0.188 e. The number of H-pyrrole nitrogens is 1. The summed E-state index contributed by atoms with van der Waals surface area (Å²) in [5, 5.41) is 6.48. The van der Waals surface area contributed by atoms with Crippen LogP contribution in [0.3, 0.4) is 0 Å². The summed E-state index contributed by atoms with van der Waals surface area (Å²) >= 11 is 0.864. The molecule has 4 nitrogen and oxygen atoms in total. The van der Waals surface area contributed by atoms with Crippen molar-refractivity contribution in [1.82, 2.24) is 15.2 Å². The van der Waals surface area contributed by atoms with Gasteiger partial charge < -0.3 is 5.73 Å². The van der Waals surface area contributed by atoms with Crippen molar-refractivity contribution >= 4 is 11.8 Å². The Morgan fingerprint density at radius 1 is 1.29 bits per heavy atom. The highest BCUT2D eigenvalue weighted by atomic mass is 32.2. The summed E-state index contributed by atoms with van der Waals surface area (Å²) in [4.78, 5) is 3.70. The Kier molecular flexibility index (Phi) is 3.70. The van der Waals surface area contributed by atoms with Crippen LogP contribution in [0.2, 0.25) is 0 Å². The number of benzene rings is 1. The van der Waals surface area contributed by atoms with Crippen molar-refractivity contribution in [1.29, 1.82) is 0 Å². The Morgan fingerprint density at radius 3 is 2.53 bits per heavy atom. The number of hydrogen-bond acceptors (Lipinski definition) is 4. The molecule has 0 aliphatic heterocycles. The number of nitrogens with two attached hydrogens (primary N) is 1. The van der Waals surface area contributed by atoms with Gasteiger partial charge in [0.2, 0.25) is 0 Å². The van der Waals surface area contributed by atoms with E-state index >= 15 is 0 Å². The average Bonchev–Trinajstić information content (AvgIpc) is 2.76. The predicted molar refractivity (Wildman–Crippen MR) is 59.6 cm³/mol. The Morgan fingerprint density at radius 2 is 2.00 bits per heavy atom. The molecule has 7 heteroatoms. The summed E-state index contributed by atoms with van der Waals surface area (Å²) in [5.74, 6) is -1.23. The lowest BCUT2D eigenvalue weighted by molar-refractivity contribution is 0.537. The van der Waals surface area contributed by atoms with Gasteiger partial charge in [0.05, 0.1) is 4.90 Å². The average molecular weight is 256 g/mol. The van der Waals surface area contributed by atoms with Crippen LogP contribution >= 0.6 is 11.8 Å². The van der Waals surface area contributed by atoms with Crippen molar-refractivity contribution in [2.24, 2.45) is 5.73 Å². The Balaban J connectivity index is 2.28. The molecule has 0 aliphatic carbocycles. The zero-order valence-corrected chi connectivity index (χ0v) is 9.60. The maximum Gasteiger partial charge on any atom is 0.188 e. The van der Waals surface area contributed by atoms with Crippen molar-refractivity contribution in [3.63, 3.8) is 0 Å². The Hall–Kier alpha value is -1.47. The second-order valence-corrected chi connectivity index (χ2v) is 4.32. The Labute approximate surface area is 101 Å². The molecule has 0 spiro atoms. The molecule has 1 heterocycles. The van der Waals surface area contributed by atoms with Crippen LogP contribution in [0.1, 0.15) is 5.56 Å². The van der Waals surface area contributed by atoms with Crippen LogP contribution in [-0.4, -0.2) is 21.7 Å². The zero-order chi connectivity index (χ0) is 12.3. The molecule has 0 saturated heterocycles. The molecule has 17 heavy (non-hydrogen) atoms. The molecule has 0 unspecified atom stereocenters. The second-order valence-electron chi connectivity index (χ2n) is 3.32. The lowest BCUT2D eigenvalue weighted by Crippen LogP contribution is -2.04. The van der Waals surface area contributed by atoms with Crippen molar-refractivity contribution in [3.8, 4) is 0 Å². The van der Waals surface area contributed by atoms with Crippen molar-refractivity contribution in [3.05, 3.63) is 35.7 Å². The third-order valence-electron chi connectivity index (χ3n) is 2.08. The standard InChI is InChI=1S/C10H10F2N4S/c11-7-3-6(1-2-13)4-8(12)9(7)17-10-14-5-15-16-10/h3-5H,1-2,13H2,(H,14,15,16). The normalized spacial score (nSPS) is 10.8. The number of hydrogen-bond donors (Lipinski definition) is 2. The number of aromatic amines is 1. The zero-order valence-electron chi connectivity index (χ0n) is 8.78. The second kappa shape index (κ2) is 5.24. The first kappa shape index (κ1) is 12.0. The van der Waals surface area contributed by atoms with Crippen LogP contribution in [0, 0.1) is 11.6 Å². The summed E-state index contributed by atoms with van der Waals surface area (Å²) < 4.78 is 27.3. The van der Waals surface area contributed by atoms with Gasteiger partial charge in [0.25, 0.3) is 0 Å². The molecule has 1 aromatic carbocycles. The van der Waals surface area contributed by atoms with Crippen LogP contribution in [0.25, 0.3) is 0 Å². The van der Waals surface area contributed by atoms with Gasteiger partial charge in [-0.2, -0.15) is 5.10 Å². The van der Waals surface area contributed by atoms with E-state index in [4.69, 9.17) is 5.73 Å². The van der Waals surface area contributed by atoms with Gasteiger partial charge in [0.1, 0.15) is 18.0 Å². The molecule has 1 aromatic heterocycles. The van der Waals surface area contributed by atoms with E-state index in [1.54, 1.807) is 0 Å². The molecule has 0 bridgehead atoms. The van der Waals surface area contributed by atoms with Crippen LogP contribution in [0.15, 0.2) is 28.5 Å². The van der Waals surface area contributed by atoms with E-state index < -0.39 is 11.6 Å². The van der Waals surface area contributed by atoms with Gasteiger partial charge in [0, 0.05) is 0 Å². The largest absolute Gasteiger partial charge is 0.330 e. The van der Waals surface area contributed by atoms with Crippen molar-refractivity contribution < 1.29 is 8.78 Å². The van der Waals surface area contributed by atoms with Gasteiger partial charge in [-0.3, -0.25) is 5.10 Å². The van der Waals surface area contributed by atoms with Crippen molar-refractivity contribution in [2.75, 3.05) is 6.54 Å².